The minimum absolute atomic E-state index is 0.0673. The highest BCUT2D eigenvalue weighted by atomic mass is 16.7. The summed E-state index contributed by atoms with van der Waals surface area (Å²) in [5.74, 6) is 2.09. The normalized spacial score (nSPS) is 12.3. The molecule has 3 aromatic rings. The summed E-state index contributed by atoms with van der Waals surface area (Å²) in [6.07, 6.45) is 3.32. The smallest absolute Gasteiger partial charge is 0.231 e. The van der Waals surface area contributed by atoms with Crippen LogP contribution in [0.15, 0.2) is 78.9 Å². The van der Waals surface area contributed by atoms with Crippen LogP contribution in [-0.2, 0) is 6.61 Å². The second-order valence-electron chi connectivity index (χ2n) is 6.11. The summed E-state index contributed by atoms with van der Waals surface area (Å²) < 4.78 is 16.4. The Morgan fingerprint density at radius 3 is 2.52 bits per heavy atom. The predicted octanol–water partition coefficient (Wildman–Crippen LogP) is 4.89. The number of carbonyl (C=O) groups excluding carboxylic acids is 1. The standard InChI is InChI=1S/C23H18O4/c24-21(12-6-17-7-13-22-23(14-17)27-16-26-22)19-8-10-20(11-9-19)25-15-18-4-2-1-3-5-18/h1-14H,15-16H2/b12-6+. The van der Waals surface area contributed by atoms with E-state index in [-0.39, 0.29) is 12.6 Å². The van der Waals surface area contributed by atoms with Crippen LogP contribution < -0.4 is 14.2 Å². The molecule has 4 nitrogen and oxygen atoms in total. The topological polar surface area (TPSA) is 44.8 Å². The van der Waals surface area contributed by atoms with Crippen molar-refractivity contribution in [3.8, 4) is 17.2 Å². The summed E-state index contributed by atoms with van der Waals surface area (Å²) >= 11 is 0. The van der Waals surface area contributed by atoms with E-state index in [1.165, 1.54) is 0 Å². The predicted molar refractivity (Wildman–Crippen MR) is 103 cm³/mol. The van der Waals surface area contributed by atoms with Gasteiger partial charge in [0.25, 0.3) is 0 Å². The maximum absolute atomic E-state index is 12.4. The third kappa shape index (κ3) is 4.18. The molecule has 0 unspecified atom stereocenters. The zero-order valence-corrected chi connectivity index (χ0v) is 14.6. The van der Waals surface area contributed by atoms with Gasteiger partial charge in [-0.25, -0.2) is 0 Å². The van der Waals surface area contributed by atoms with E-state index in [1.54, 1.807) is 24.3 Å². The molecule has 0 spiro atoms. The lowest BCUT2D eigenvalue weighted by atomic mass is 10.1. The number of ether oxygens (including phenoxy) is 3. The van der Waals surface area contributed by atoms with Gasteiger partial charge in [-0.2, -0.15) is 0 Å². The van der Waals surface area contributed by atoms with Gasteiger partial charge in [-0.05, 0) is 53.6 Å². The molecule has 134 valence electrons. The number of hydrogen-bond acceptors (Lipinski definition) is 4. The van der Waals surface area contributed by atoms with Crippen molar-refractivity contribution >= 4 is 11.9 Å². The molecule has 0 radical (unpaired) electrons. The van der Waals surface area contributed by atoms with Crippen LogP contribution in [0, 0.1) is 0 Å². The van der Waals surface area contributed by atoms with Gasteiger partial charge in [0.2, 0.25) is 6.79 Å². The van der Waals surface area contributed by atoms with Gasteiger partial charge < -0.3 is 14.2 Å². The number of hydrogen-bond donors (Lipinski definition) is 0. The molecule has 0 bridgehead atoms. The van der Waals surface area contributed by atoms with Crippen LogP contribution in [0.5, 0.6) is 17.2 Å². The molecule has 1 heterocycles. The first-order valence-corrected chi connectivity index (χ1v) is 8.67. The third-order valence-electron chi connectivity index (χ3n) is 4.21. The molecule has 0 saturated heterocycles. The van der Waals surface area contributed by atoms with Gasteiger partial charge >= 0.3 is 0 Å². The average molecular weight is 358 g/mol. The molecule has 0 aromatic heterocycles. The van der Waals surface area contributed by atoms with Gasteiger partial charge in [0.05, 0.1) is 0 Å². The number of carbonyl (C=O) groups is 1. The molecular weight excluding hydrogens is 340 g/mol. The summed E-state index contributed by atoms with van der Waals surface area (Å²) in [4.78, 5) is 12.4. The summed E-state index contributed by atoms with van der Waals surface area (Å²) in [6.45, 7) is 0.734. The molecule has 0 saturated carbocycles. The SMILES string of the molecule is O=C(/C=C/c1ccc2c(c1)OCO2)c1ccc(OCc2ccccc2)cc1. The van der Waals surface area contributed by atoms with Crippen LogP contribution in [0.25, 0.3) is 6.08 Å². The molecule has 1 aliphatic heterocycles. The van der Waals surface area contributed by atoms with Gasteiger partial charge in [0.15, 0.2) is 17.3 Å². The Kier molecular flexibility index (Phi) is 4.88. The quantitative estimate of drug-likeness (QED) is 0.465. The second kappa shape index (κ2) is 7.79. The summed E-state index contributed by atoms with van der Waals surface area (Å²) in [5, 5.41) is 0. The average Bonchev–Trinajstić information content (AvgIpc) is 3.19. The van der Waals surface area contributed by atoms with E-state index in [2.05, 4.69) is 0 Å². The fourth-order valence-electron chi connectivity index (χ4n) is 2.74. The van der Waals surface area contributed by atoms with Gasteiger partial charge in [-0.3, -0.25) is 4.79 Å². The summed E-state index contributed by atoms with van der Waals surface area (Å²) in [5.41, 5.74) is 2.60. The van der Waals surface area contributed by atoms with E-state index in [9.17, 15) is 4.79 Å². The minimum Gasteiger partial charge on any atom is -0.489 e. The molecule has 4 heteroatoms. The molecule has 0 aliphatic carbocycles. The van der Waals surface area contributed by atoms with E-state index < -0.39 is 0 Å². The van der Waals surface area contributed by atoms with E-state index in [1.807, 2.05) is 60.7 Å². The van der Waals surface area contributed by atoms with Crippen LogP contribution in [-0.4, -0.2) is 12.6 Å². The molecule has 0 fully saturated rings. The molecular formula is C23H18O4. The van der Waals surface area contributed by atoms with Crippen molar-refractivity contribution in [2.45, 2.75) is 6.61 Å². The lowest BCUT2D eigenvalue weighted by Crippen LogP contribution is -1.97. The first-order valence-electron chi connectivity index (χ1n) is 8.67. The van der Waals surface area contributed by atoms with Crippen LogP contribution in [0.3, 0.4) is 0 Å². The Bertz CT molecular complexity index is 959. The van der Waals surface area contributed by atoms with Crippen molar-refractivity contribution in [2.75, 3.05) is 6.79 Å². The summed E-state index contributed by atoms with van der Waals surface area (Å²) in [6, 6.07) is 22.7. The van der Waals surface area contributed by atoms with E-state index >= 15 is 0 Å². The Balaban J connectivity index is 1.37. The van der Waals surface area contributed by atoms with Gasteiger partial charge in [0, 0.05) is 5.56 Å². The lowest BCUT2D eigenvalue weighted by Gasteiger charge is -2.06. The van der Waals surface area contributed by atoms with Gasteiger partial charge in [0.1, 0.15) is 12.4 Å². The highest BCUT2D eigenvalue weighted by molar-refractivity contribution is 6.06. The van der Waals surface area contributed by atoms with Crippen molar-refractivity contribution in [3.05, 3.63) is 95.6 Å². The van der Waals surface area contributed by atoms with Crippen LogP contribution in [0.1, 0.15) is 21.5 Å². The number of fused-ring (bicyclic) bond motifs is 1. The molecule has 0 N–H and O–H groups in total. The highest BCUT2D eigenvalue weighted by Gasteiger charge is 2.12. The highest BCUT2D eigenvalue weighted by Crippen LogP contribution is 2.32. The van der Waals surface area contributed by atoms with E-state index in [4.69, 9.17) is 14.2 Å². The third-order valence-corrected chi connectivity index (χ3v) is 4.21. The van der Waals surface area contributed by atoms with Crippen molar-refractivity contribution in [2.24, 2.45) is 0 Å². The number of ketones is 1. The first-order chi connectivity index (χ1) is 13.3. The van der Waals surface area contributed by atoms with Crippen molar-refractivity contribution in [3.63, 3.8) is 0 Å². The zero-order valence-electron chi connectivity index (χ0n) is 14.6. The van der Waals surface area contributed by atoms with E-state index in [0.717, 1.165) is 22.6 Å². The number of allylic oxidation sites excluding steroid dienone is 1. The van der Waals surface area contributed by atoms with Crippen molar-refractivity contribution in [1.29, 1.82) is 0 Å². The zero-order chi connectivity index (χ0) is 18.5. The Morgan fingerprint density at radius 2 is 1.70 bits per heavy atom. The maximum Gasteiger partial charge on any atom is 0.231 e. The van der Waals surface area contributed by atoms with Crippen molar-refractivity contribution in [1.82, 2.24) is 0 Å². The fourth-order valence-corrected chi connectivity index (χ4v) is 2.74. The van der Waals surface area contributed by atoms with Crippen molar-refractivity contribution < 1.29 is 19.0 Å². The molecule has 0 amide bonds. The Hall–Kier alpha value is -3.53. The Labute approximate surface area is 157 Å². The first kappa shape index (κ1) is 16.9. The van der Waals surface area contributed by atoms with Gasteiger partial charge in [-0.15, -0.1) is 0 Å². The molecule has 1 aliphatic rings. The maximum atomic E-state index is 12.4. The van der Waals surface area contributed by atoms with Crippen LogP contribution in [0.2, 0.25) is 0 Å². The van der Waals surface area contributed by atoms with E-state index in [0.29, 0.717) is 17.9 Å². The number of benzene rings is 3. The molecule has 3 aromatic carbocycles. The monoisotopic (exact) mass is 358 g/mol. The molecule has 27 heavy (non-hydrogen) atoms. The van der Waals surface area contributed by atoms with Crippen LogP contribution in [0.4, 0.5) is 0 Å². The number of rotatable bonds is 6. The summed E-state index contributed by atoms with van der Waals surface area (Å²) in [7, 11) is 0. The lowest BCUT2D eigenvalue weighted by molar-refractivity contribution is 0.104. The Morgan fingerprint density at radius 1 is 0.926 bits per heavy atom. The molecule has 0 atom stereocenters. The van der Waals surface area contributed by atoms with Crippen LogP contribution >= 0.6 is 0 Å². The van der Waals surface area contributed by atoms with Gasteiger partial charge in [-0.1, -0.05) is 42.5 Å². The largest absolute Gasteiger partial charge is 0.489 e. The minimum atomic E-state index is -0.0673. The fraction of sp³-hybridized carbons (Fsp3) is 0.0870. The second-order valence-corrected chi connectivity index (χ2v) is 6.11. The molecule has 4 rings (SSSR count).